The fourth-order valence-corrected chi connectivity index (χ4v) is 4.92. The molecule has 1 aromatic carbocycles. The molecule has 0 fully saturated rings. The average molecular weight is 395 g/mol. The Kier molecular flexibility index (Phi) is 4.86. The second-order valence-corrected chi connectivity index (χ2v) is 8.39. The second kappa shape index (κ2) is 7.30. The number of nitrogens with zero attached hydrogens (tertiary/aromatic N) is 4. The van der Waals surface area contributed by atoms with E-state index >= 15 is 0 Å². The Hall–Kier alpha value is -2.42. The maximum absolute atomic E-state index is 9.74. The number of allylic oxidation sites excluding steroid dienone is 1. The highest BCUT2D eigenvalue weighted by Gasteiger charge is 2.22. The molecule has 1 atom stereocenters. The van der Waals surface area contributed by atoms with Crippen molar-refractivity contribution in [2.45, 2.75) is 33.1 Å². The van der Waals surface area contributed by atoms with Crippen LogP contribution < -0.4 is 0 Å². The number of halogens is 1. The summed E-state index contributed by atoms with van der Waals surface area (Å²) in [5, 5.41) is 15.6. The summed E-state index contributed by atoms with van der Waals surface area (Å²) in [6.07, 6.45) is 5.03. The fourth-order valence-electron chi connectivity index (χ4n) is 3.36. The molecule has 3 aromatic rings. The average Bonchev–Trinajstić information content (AvgIpc) is 3.21. The van der Waals surface area contributed by atoms with E-state index in [1.54, 1.807) is 16.0 Å². The standard InChI is InChI=1S/C21H19ClN4S/c1-13-8-9-18-19(10-13)27-21(24-18)15(12-23)11-17-14(2)25-26(20(17)22)16-6-4-3-5-7-16/h3-7,11,13H,8-10H2,1-2H3/b15-11+/t13-/m0/s1. The molecule has 1 aliphatic carbocycles. The number of aromatic nitrogens is 3. The first-order valence-corrected chi connectivity index (χ1v) is 10.2. The minimum atomic E-state index is 0.501. The molecule has 0 amide bonds. The number of aryl methyl sites for hydroxylation is 2. The molecule has 4 rings (SSSR count). The molecule has 6 heteroatoms. The van der Waals surface area contributed by atoms with Crippen molar-refractivity contribution in [3.63, 3.8) is 0 Å². The maximum atomic E-state index is 9.74. The predicted octanol–water partition coefficient (Wildman–Crippen LogP) is 5.48. The van der Waals surface area contributed by atoms with Crippen LogP contribution in [0.1, 0.15) is 40.2 Å². The van der Waals surface area contributed by atoms with Gasteiger partial charge >= 0.3 is 0 Å². The maximum Gasteiger partial charge on any atom is 0.140 e. The number of hydrogen-bond donors (Lipinski definition) is 0. The quantitative estimate of drug-likeness (QED) is 0.552. The van der Waals surface area contributed by atoms with Crippen LogP contribution in [0.5, 0.6) is 0 Å². The van der Waals surface area contributed by atoms with Crippen molar-refractivity contribution in [3.8, 4) is 11.8 Å². The smallest absolute Gasteiger partial charge is 0.140 e. The van der Waals surface area contributed by atoms with Gasteiger partial charge in [0.15, 0.2) is 0 Å². The van der Waals surface area contributed by atoms with E-state index < -0.39 is 0 Å². The Bertz CT molecular complexity index is 1060. The van der Waals surface area contributed by atoms with Crippen molar-refractivity contribution in [1.82, 2.24) is 14.8 Å². The first-order chi connectivity index (χ1) is 13.1. The normalized spacial score (nSPS) is 16.8. The highest BCUT2D eigenvalue weighted by Crippen LogP contribution is 2.34. The summed E-state index contributed by atoms with van der Waals surface area (Å²) in [6, 6.07) is 12.0. The van der Waals surface area contributed by atoms with Gasteiger partial charge in [0, 0.05) is 10.4 Å². The highest BCUT2D eigenvalue weighted by atomic mass is 35.5. The summed E-state index contributed by atoms with van der Waals surface area (Å²) in [7, 11) is 0. The van der Waals surface area contributed by atoms with Crippen molar-refractivity contribution in [2.24, 2.45) is 5.92 Å². The molecule has 136 valence electrons. The number of thiazole rings is 1. The lowest BCUT2D eigenvalue weighted by molar-refractivity contribution is 0.502. The summed E-state index contributed by atoms with van der Waals surface area (Å²) in [4.78, 5) is 6.05. The minimum absolute atomic E-state index is 0.501. The summed E-state index contributed by atoms with van der Waals surface area (Å²) in [5.74, 6) is 0.682. The molecule has 2 heterocycles. The number of hydrogen-bond acceptors (Lipinski definition) is 4. The first kappa shape index (κ1) is 18.0. The van der Waals surface area contributed by atoms with Gasteiger partial charge in [0.2, 0.25) is 0 Å². The topological polar surface area (TPSA) is 54.5 Å². The van der Waals surface area contributed by atoms with E-state index in [0.29, 0.717) is 16.6 Å². The number of fused-ring (bicyclic) bond motifs is 1. The number of benzene rings is 1. The van der Waals surface area contributed by atoms with Crippen LogP contribution in [0.4, 0.5) is 0 Å². The highest BCUT2D eigenvalue weighted by molar-refractivity contribution is 7.13. The third kappa shape index (κ3) is 3.43. The molecule has 0 spiro atoms. The molecular weight excluding hydrogens is 376 g/mol. The van der Waals surface area contributed by atoms with E-state index in [9.17, 15) is 5.26 Å². The van der Waals surface area contributed by atoms with Crippen LogP contribution in [0.15, 0.2) is 30.3 Å². The Morgan fingerprint density at radius 2 is 2.15 bits per heavy atom. The SMILES string of the molecule is Cc1nn(-c2ccccc2)c(Cl)c1/C=C(\C#N)c1nc2c(s1)C[C@@H](C)CC2. The monoisotopic (exact) mass is 394 g/mol. The molecule has 0 aliphatic heterocycles. The summed E-state index contributed by atoms with van der Waals surface area (Å²) in [6.45, 7) is 4.17. The Balaban J connectivity index is 1.74. The van der Waals surface area contributed by atoms with Crippen LogP contribution in [0.2, 0.25) is 5.15 Å². The first-order valence-electron chi connectivity index (χ1n) is 8.98. The third-order valence-corrected chi connectivity index (χ3v) is 6.39. The molecule has 2 aromatic heterocycles. The van der Waals surface area contributed by atoms with Crippen LogP contribution in [-0.4, -0.2) is 14.8 Å². The van der Waals surface area contributed by atoms with Gasteiger partial charge in [-0.1, -0.05) is 36.7 Å². The van der Waals surface area contributed by atoms with E-state index in [2.05, 4.69) is 18.1 Å². The van der Waals surface area contributed by atoms with Crippen molar-refractivity contribution in [2.75, 3.05) is 0 Å². The third-order valence-electron chi connectivity index (χ3n) is 4.87. The molecule has 1 aliphatic rings. The Morgan fingerprint density at radius 3 is 2.89 bits per heavy atom. The molecule has 0 bridgehead atoms. The van der Waals surface area contributed by atoms with Crippen LogP contribution in [0, 0.1) is 24.2 Å². The molecule has 4 nitrogen and oxygen atoms in total. The van der Waals surface area contributed by atoms with Gasteiger partial charge in [-0.2, -0.15) is 10.4 Å². The largest absolute Gasteiger partial charge is 0.240 e. The van der Waals surface area contributed by atoms with Crippen LogP contribution in [0.25, 0.3) is 17.3 Å². The number of nitriles is 1. The van der Waals surface area contributed by atoms with E-state index in [0.717, 1.165) is 46.9 Å². The molecule has 0 saturated heterocycles. The van der Waals surface area contributed by atoms with Gasteiger partial charge in [-0.3, -0.25) is 0 Å². The Labute approximate surface area is 167 Å². The molecule has 0 radical (unpaired) electrons. The number of para-hydroxylation sites is 1. The molecule has 0 saturated carbocycles. The van der Waals surface area contributed by atoms with Crippen molar-refractivity contribution >= 4 is 34.6 Å². The second-order valence-electron chi connectivity index (χ2n) is 6.94. The minimum Gasteiger partial charge on any atom is -0.240 e. The van der Waals surface area contributed by atoms with E-state index in [1.165, 1.54) is 4.88 Å². The van der Waals surface area contributed by atoms with E-state index in [1.807, 2.05) is 43.3 Å². The predicted molar refractivity (Wildman–Crippen MR) is 110 cm³/mol. The van der Waals surface area contributed by atoms with Crippen LogP contribution >= 0.6 is 22.9 Å². The van der Waals surface area contributed by atoms with Gasteiger partial charge in [-0.25, -0.2) is 9.67 Å². The van der Waals surface area contributed by atoms with Gasteiger partial charge < -0.3 is 0 Å². The lowest BCUT2D eigenvalue weighted by atomic mass is 9.93. The van der Waals surface area contributed by atoms with Gasteiger partial charge in [0.05, 0.1) is 22.6 Å². The van der Waals surface area contributed by atoms with E-state index in [-0.39, 0.29) is 0 Å². The van der Waals surface area contributed by atoms with Gasteiger partial charge in [0.25, 0.3) is 0 Å². The van der Waals surface area contributed by atoms with Crippen molar-refractivity contribution in [3.05, 3.63) is 62.3 Å². The lowest BCUT2D eigenvalue weighted by Crippen LogP contribution is -2.09. The van der Waals surface area contributed by atoms with Gasteiger partial charge in [-0.05, 0) is 50.3 Å². The zero-order valence-corrected chi connectivity index (χ0v) is 16.8. The van der Waals surface area contributed by atoms with E-state index in [4.69, 9.17) is 16.6 Å². The zero-order valence-electron chi connectivity index (χ0n) is 15.2. The summed E-state index contributed by atoms with van der Waals surface area (Å²) < 4.78 is 1.70. The lowest BCUT2D eigenvalue weighted by Gasteiger charge is -2.15. The molecular formula is C21H19ClN4S. The fraction of sp³-hybridized carbons (Fsp3) is 0.286. The van der Waals surface area contributed by atoms with Crippen LogP contribution in [0.3, 0.4) is 0 Å². The summed E-state index contributed by atoms with van der Waals surface area (Å²) >= 11 is 8.24. The van der Waals surface area contributed by atoms with Crippen molar-refractivity contribution in [1.29, 1.82) is 5.26 Å². The number of rotatable bonds is 3. The van der Waals surface area contributed by atoms with Gasteiger partial charge in [-0.15, -0.1) is 11.3 Å². The van der Waals surface area contributed by atoms with Crippen molar-refractivity contribution < 1.29 is 0 Å². The summed E-state index contributed by atoms with van der Waals surface area (Å²) in [5.41, 5.74) is 4.13. The Morgan fingerprint density at radius 1 is 1.37 bits per heavy atom. The molecule has 27 heavy (non-hydrogen) atoms. The zero-order chi connectivity index (χ0) is 19.0. The van der Waals surface area contributed by atoms with Crippen LogP contribution in [-0.2, 0) is 12.8 Å². The molecule has 0 unspecified atom stereocenters. The van der Waals surface area contributed by atoms with Gasteiger partial charge in [0.1, 0.15) is 16.2 Å². The molecule has 0 N–H and O–H groups in total.